The van der Waals surface area contributed by atoms with Gasteiger partial charge in [0.15, 0.2) is 15.6 Å². The molecule has 0 atom stereocenters. The van der Waals surface area contributed by atoms with Crippen LogP contribution in [0.25, 0.3) is 0 Å². The molecule has 2 aromatic rings. The first kappa shape index (κ1) is 23.6. The summed E-state index contributed by atoms with van der Waals surface area (Å²) in [7, 11) is -4.53. The first-order chi connectivity index (χ1) is 14.3. The van der Waals surface area contributed by atoms with Gasteiger partial charge in [0.1, 0.15) is 11.6 Å². The summed E-state index contributed by atoms with van der Waals surface area (Å²) in [6.07, 6.45) is 0. The van der Waals surface area contributed by atoms with Gasteiger partial charge in [-0.3, -0.25) is 4.79 Å². The third-order valence-electron chi connectivity index (χ3n) is 5.89. The van der Waals surface area contributed by atoms with Crippen molar-refractivity contribution in [2.24, 2.45) is 0 Å². The van der Waals surface area contributed by atoms with Crippen molar-refractivity contribution in [3.05, 3.63) is 64.7 Å². The Morgan fingerprint density at radius 3 is 2.06 bits per heavy atom. The van der Waals surface area contributed by atoms with E-state index in [-0.39, 0.29) is 27.9 Å². The summed E-state index contributed by atoms with van der Waals surface area (Å²) >= 11 is 0. The lowest BCUT2D eigenvalue weighted by Gasteiger charge is -2.32. The van der Waals surface area contributed by atoms with E-state index in [0.29, 0.717) is 0 Å². The number of hydrogen-bond donors (Lipinski definition) is 0. The van der Waals surface area contributed by atoms with E-state index in [2.05, 4.69) is 0 Å². The molecule has 31 heavy (non-hydrogen) atoms. The zero-order valence-electron chi connectivity index (χ0n) is 18.2. The van der Waals surface area contributed by atoms with E-state index in [4.69, 9.17) is 9.31 Å². The molecular formula is C22H25BF2O5S. The van der Waals surface area contributed by atoms with Crippen molar-refractivity contribution in [2.75, 3.05) is 5.75 Å². The Kier molecular flexibility index (Phi) is 6.17. The lowest BCUT2D eigenvalue weighted by molar-refractivity contribution is 0.00578. The van der Waals surface area contributed by atoms with Gasteiger partial charge in [-0.1, -0.05) is 13.0 Å². The second-order valence-corrected chi connectivity index (χ2v) is 11.0. The highest BCUT2D eigenvalue weighted by Crippen LogP contribution is 2.37. The van der Waals surface area contributed by atoms with Gasteiger partial charge >= 0.3 is 7.12 Å². The Labute approximate surface area is 181 Å². The van der Waals surface area contributed by atoms with Crippen molar-refractivity contribution < 1.29 is 31.3 Å². The van der Waals surface area contributed by atoms with Crippen molar-refractivity contribution in [2.45, 2.75) is 51.6 Å². The predicted octanol–water partition coefficient (Wildman–Crippen LogP) is 3.43. The van der Waals surface area contributed by atoms with Crippen LogP contribution < -0.4 is 5.46 Å². The second-order valence-electron chi connectivity index (χ2n) is 8.63. The maximum atomic E-state index is 14.9. The van der Waals surface area contributed by atoms with Crippen LogP contribution in [0, 0.1) is 11.6 Å². The Balaban J connectivity index is 2.14. The van der Waals surface area contributed by atoms with E-state index in [9.17, 15) is 22.0 Å². The molecule has 5 nitrogen and oxygen atoms in total. The SMILES string of the molecule is CCS(=O)(=O)Cc1cc(B2OC(C)(C)C(C)(C)O2)c(C(=O)c2ccc(F)cc2)cc1F. The molecule has 1 fully saturated rings. The van der Waals surface area contributed by atoms with Gasteiger partial charge in [-0.15, -0.1) is 0 Å². The average Bonchev–Trinajstić information content (AvgIpc) is 2.90. The number of rotatable bonds is 6. The molecule has 1 heterocycles. The number of hydrogen-bond acceptors (Lipinski definition) is 5. The van der Waals surface area contributed by atoms with Crippen LogP contribution in [0.5, 0.6) is 0 Å². The lowest BCUT2D eigenvalue weighted by atomic mass is 9.73. The van der Waals surface area contributed by atoms with Crippen molar-refractivity contribution in [1.82, 2.24) is 0 Å². The molecule has 1 aliphatic heterocycles. The maximum Gasteiger partial charge on any atom is 0.495 e. The fraction of sp³-hybridized carbons (Fsp3) is 0.409. The minimum absolute atomic E-state index is 0.0275. The van der Waals surface area contributed by atoms with Crippen molar-refractivity contribution >= 4 is 28.2 Å². The van der Waals surface area contributed by atoms with Gasteiger partial charge in [0.05, 0.1) is 17.0 Å². The smallest absolute Gasteiger partial charge is 0.399 e. The van der Waals surface area contributed by atoms with Crippen molar-refractivity contribution in [3.63, 3.8) is 0 Å². The summed E-state index contributed by atoms with van der Waals surface area (Å²) < 4.78 is 64.4. The molecular weight excluding hydrogens is 425 g/mol. The highest BCUT2D eigenvalue weighted by Gasteiger charge is 2.52. The molecule has 166 valence electrons. The van der Waals surface area contributed by atoms with Crippen LogP contribution in [0.1, 0.15) is 56.1 Å². The zero-order valence-corrected chi connectivity index (χ0v) is 19.0. The normalized spacial score (nSPS) is 17.7. The van der Waals surface area contributed by atoms with Crippen LogP contribution in [-0.2, 0) is 24.9 Å². The number of benzene rings is 2. The Morgan fingerprint density at radius 2 is 1.55 bits per heavy atom. The molecule has 0 radical (unpaired) electrons. The van der Waals surface area contributed by atoms with Gasteiger partial charge < -0.3 is 9.31 Å². The molecule has 0 aromatic heterocycles. The van der Waals surface area contributed by atoms with E-state index in [0.717, 1.165) is 18.2 Å². The summed E-state index contributed by atoms with van der Waals surface area (Å²) in [5.74, 6) is -2.52. The monoisotopic (exact) mass is 450 g/mol. The number of halogens is 2. The van der Waals surface area contributed by atoms with Gasteiger partial charge in [-0.25, -0.2) is 17.2 Å². The zero-order chi connectivity index (χ0) is 23.2. The lowest BCUT2D eigenvalue weighted by Crippen LogP contribution is -2.41. The fourth-order valence-electron chi connectivity index (χ4n) is 3.21. The summed E-state index contributed by atoms with van der Waals surface area (Å²) in [4.78, 5) is 13.1. The van der Waals surface area contributed by atoms with Gasteiger partial charge in [0.2, 0.25) is 0 Å². The molecule has 9 heteroatoms. The van der Waals surface area contributed by atoms with E-state index in [1.807, 2.05) is 27.7 Å². The topological polar surface area (TPSA) is 69.7 Å². The van der Waals surface area contributed by atoms with Crippen LogP contribution in [0.15, 0.2) is 36.4 Å². The van der Waals surface area contributed by atoms with E-state index >= 15 is 0 Å². The molecule has 1 saturated heterocycles. The standard InChI is InChI=1S/C22H25BF2O5S/c1-6-31(27,28)13-15-11-18(23-29-21(2,3)22(4,5)30-23)17(12-19(15)25)20(26)14-7-9-16(24)10-8-14/h7-12H,6,13H2,1-5H3. The first-order valence-electron chi connectivity index (χ1n) is 9.95. The van der Waals surface area contributed by atoms with Gasteiger partial charge in [-0.2, -0.15) is 0 Å². The van der Waals surface area contributed by atoms with Crippen LogP contribution in [0.4, 0.5) is 8.78 Å². The second kappa shape index (κ2) is 8.11. The molecule has 0 saturated carbocycles. The molecule has 0 aliphatic carbocycles. The molecule has 0 unspecified atom stereocenters. The van der Waals surface area contributed by atoms with Gasteiger partial charge in [-0.05, 0) is 63.5 Å². The van der Waals surface area contributed by atoms with E-state index in [1.54, 1.807) is 0 Å². The van der Waals surface area contributed by atoms with Crippen LogP contribution in [0.2, 0.25) is 0 Å². The molecule has 1 aliphatic rings. The Morgan fingerprint density at radius 1 is 1.00 bits per heavy atom. The molecule has 2 aromatic carbocycles. The number of carbonyl (C=O) groups excluding carboxylic acids is 1. The summed E-state index contributed by atoms with van der Waals surface area (Å²) in [5.41, 5.74) is -1.15. The molecule has 0 bridgehead atoms. The summed E-state index contributed by atoms with van der Waals surface area (Å²) in [6.45, 7) is 8.82. The number of sulfone groups is 1. The number of carbonyl (C=O) groups is 1. The maximum absolute atomic E-state index is 14.9. The summed E-state index contributed by atoms with van der Waals surface area (Å²) in [5, 5.41) is 0. The van der Waals surface area contributed by atoms with Gasteiger partial charge in [0.25, 0.3) is 0 Å². The molecule has 0 amide bonds. The third kappa shape index (κ3) is 4.73. The number of ketones is 1. The van der Waals surface area contributed by atoms with Gasteiger partial charge in [0, 0.05) is 22.4 Å². The highest BCUT2D eigenvalue weighted by molar-refractivity contribution is 7.90. The van der Waals surface area contributed by atoms with Crippen molar-refractivity contribution in [3.8, 4) is 0 Å². The predicted molar refractivity (Wildman–Crippen MR) is 115 cm³/mol. The first-order valence-corrected chi connectivity index (χ1v) is 11.8. The molecule has 0 N–H and O–H groups in total. The third-order valence-corrected chi connectivity index (χ3v) is 7.52. The quantitative estimate of drug-likeness (QED) is 0.498. The minimum Gasteiger partial charge on any atom is -0.399 e. The van der Waals surface area contributed by atoms with E-state index in [1.165, 1.54) is 25.1 Å². The summed E-state index contributed by atoms with van der Waals surface area (Å²) in [6, 6.07) is 7.21. The fourth-order valence-corrected chi connectivity index (χ4v) is 4.10. The minimum atomic E-state index is -3.52. The molecule has 3 rings (SSSR count). The Hall–Kier alpha value is -2.10. The average molecular weight is 450 g/mol. The van der Waals surface area contributed by atoms with Crippen LogP contribution in [0.3, 0.4) is 0 Å². The largest absolute Gasteiger partial charge is 0.495 e. The highest BCUT2D eigenvalue weighted by atomic mass is 32.2. The van der Waals surface area contributed by atoms with Crippen LogP contribution in [-0.4, -0.2) is 38.3 Å². The van der Waals surface area contributed by atoms with Crippen molar-refractivity contribution in [1.29, 1.82) is 0 Å². The van der Waals surface area contributed by atoms with E-state index < -0.39 is 51.3 Å². The Bertz CT molecular complexity index is 1100. The molecule has 0 spiro atoms. The van der Waals surface area contributed by atoms with Crippen LogP contribution >= 0.6 is 0 Å².